The number of halogens is 1. The van der Waals surface area contributed by atoms with Gasteiger partial charge in [0.2, 0.25) is 5.91 Å². The highest BCUT2D eigenvalue weighted by Crippen LogP contribution is 2.29. The Balaban J connectivity index is 2.86. The summed E-state index contributed by atoms with van der Waals surface area (Å²) in [5.41, 5.74) is -0.695. The summed E-state index contributed by atoms with van der Waals surface area (Å²) in [5.74, 6) is -1.04. The Labute approximate surface area is 122 Å². The first-order chi connectivity index (χ1) is 9.27. The van der Waals surface area contributed by atoms with E-state index in [-0.39, 0.29) is 6.42 Å². The number of hydrogen-bond donors (Lipinski definition) is 2. The van der Waals surface area contributed by atoms with Crippen LogP contribution in [0.25, 0.3) is 0 Å². The van der Waals surface area contributed by atoms with Crippen molar-refractivity contribution >= 4 is 23.5 Å². The largest absolute Gasteiger partial charge is 0.492 e. The molecule has 0 radical (unpaired) electrons. The van der Waals surface area contributed by atoms with Gasteiger partial charge in [0, 0.05) is 5.56 Å². The number of amides is 1. The van der Waals surface area contributed by atoms with Crippen LogP contribution in [0, 0.1) is 0 Å². The molecule has 20 heavy (non-hydrogen) atoms. The van der Waals surface area contributed by atoms with Crippen LogP contribution in [0.1, 0.15) is 26.3 Å². The Bertz CT molecular complexity index is 514. The maximum atomic E-state index is 11.9. The van der Waals surface area contributed by atoms with Gasteiger partial charge in [-0.2, -0.15) is 0 Å². The molecule has 1 rings (SSSR count). The van der Waals surface area contributed by atoms with Crippen molar-refractivity contribution in [2.24, 2.45) is 0 Å². The first kappa shape index (κ1) is 16.3. The standard InChI is InChI=1S/C14H18ClNO4/c1-4-20-12-9(6-5-7-10(12)15)8-11(17)16-14(2,3)13(18)19/h5-7H,4,8H2,1-3H3,(H,16,17)(H,18,19). The molecule has 0 fully saturated rings. The Hall–Kier alpha value is -1.75. The number of hydrogen-bond acceptors (Lipinski definition) is 3. The fraction of sp³-hybridized carbons (Fsp3) is 0.429. The SMILES string of the molecule is CCOc1c(Cl)cccc1CC(=O)NC(C)(C)C(=O)O. The number of aliphatic carboxylic acids is 1. The molecule has 110 valence electrons. The fourth-order valence-electron chi connectivity index (χ4n) is 1.62. The maximum Gasteiger partial charge on any atom is 0.328 e. The summed E-state index contributed by atoms with van der Waals surface area (Å²) >= 11 is 6.02. The maximum absolute atomic E-state index is 11.9. The van der Waals surface area contributed by atoms with Crippen molar-refractivity contribution in [1.29, 1.82) is 0 Å². The van der Waals surface area contributed by atoms with Crippen molar-refractivity contribution in [3.05, 3.63) is 28.8 Å². The smallest absolute Gasteiger partial charge is 0.328 e. The monoisotopic (exact) mass is 299 g/mol. The summed E-state index contributed by atoms with van der Waals surface area (Å²) in [7, 11) is 0. The molecule has 0 saturated carbocycles. The van der Waals surface area contributed by atoms with E-state index < -0.39 is 17.4 Å². The molecule has 0 bridgehead atoms. The van der Waals surface area contributed by atoms with Gasteiger partial charge in [-0.3, -0.25) is 4.79 Å². The Morgan fingerprint density at radius 3 is 2.60 bits per heavy atom. The number of para-hydroxylation sites is 1. The van der Waals surface area contributed by atoms with Crippen LogP contribution in [0.2, 0.25) is 5.02 Å². The van der Waals surface area contributed by atoms with Crippen LogP contribution in [-0.2, 0) is 16.0 Å². The zero-order valence-corrected chi connectivity index (χ0v) is 12.5. The minimum Gasteiger partial charge on any atom is -0.492 e. The third kappa shape index (κ3) is 4.13. The van der Waals surface area contributed by atoms with Crippen molar-refractivity contribution in [3.63, 3.8) is 0 Å². The molecule has 0 spiro atoms. The van der Waals surface area contributed by atoms with Gasteiger partial charge in [0.1, 0.15) is 11.3 Å². The molecule has 0 saturated heterocycles. The third-order valence-corrected chi connectivity index (χ3v) is 2.97. The Morgan fingerprint density at radius 2 is 2.05 bits per heavy atom. The van der Waals surface area contributed by atoms with Gasteiger partial charge in [-0.1, -0.05) is 23.7 Å². The highest BCUT2D eigenvalue weighted by atomic mass is 35.5. The van der Waals surface area contributed by atoms with Crippen LogP contribution in [0.4, 0.5) is 0 Å². The number of carboxylic acid groups (broad SMARTS) is 1. The van der Waals surface area contributed by atoms with Gasteiger partial charge in [-0.25, -0.2) is 4.79 Å². The van der Waals surface area contributed by atoms with E-state index in [2.05, 4.69) is 5.32 Å². The minimum atomic E-state index is -1.32. The molecule has 0 atom stereocenters. The van der Waals surface area contributed by atoms with Gasteiger partial charge in [0.15, 0.2) is 0 Å². The van der Waals surface area contributed by atoms with Gasteiger partial charge >= 0.3 is 5.97 Å². The van der Waals surface area contributed by atoms with E-state index in [0.29, 0.717) is 22.9 Å². The molecule has 0 aliphatic carbocycles. The molecule has 1 amide bonds. The number of nitrogens with one attached hydrogen (secondary N) is 1. The van der Waals surface area contributed by atoms with Crippen LogP contribution in [-0.4, -0.2) is 29.1 Å². The zero-order valence-electron chi connectivity index (χ0n) is 11.7. The molecule has 0 heterocycles. The quantitative estimate of drug-likeness (QED) is 0.845. The van der Waals surface area contributed by atoms with Gasteiger partial charge in [0.25, 0.3) is 0 Å². The summed E-state index contributed by atoms with van der Waals surface area (Å²) < 4.78 is 5.42. The van der Waals surface area contributed by atoms with E-state index >= 15 is 0 Å². The second-order valence-electron chi connectivity index (χ2n) is 4.82. The second kappa shape index (κ2) is 6.61. The average Bonchev–Trinajstić information content (AvgIpc) is 2.32. The first-order valence-electron chi connectivity index (χ1n) is 6.22. The number of benzene rings is 1. The number of rotatable bonds is 6. The lowest BCUT2D eigenvalue weighted by Crippen LogP contribution is -2.50. The number of carbonyl (C=O) groups excluding carboxylic acids is 1. The van der Waals surface area contributed by atoms with E-state index in [9.17, 15) is 9.59 Å². The molecule has 2 N–H and O–H groups in total. The normalized spacial score (nSPS) is 11.0. The first-order valence-corrected chi connectivity index (χ1v) is 6.60. The molecule has 6 heteroatoms. The summed E-state index contributed by atoms with van der Waals surface area (Å²) in [5, 5.41) is 11.9. The third-order valence-electron chi connectivity index (χ3n) is 2.67. The van der Waals surface area contributed by atoms with Gasteiger partial charge in [-0.05, 0) is 26.8 Å². The van der Waals surface area contributed by atoms with Crippen molar-refractivity contribution in [2.45, 2.75) is 32.7 Å². The van der Waals surface area contributed by atoms with E-state index in [0.717, 1.165) is 0 Å². The number of ether oxygens (including phenoxy) is 1. The van der Waals surface area contributed by atoms with Gasteiger partial charge in [0.05, 0.1) is 18.1 Å². The summed E-state index contributed by atoms with van der Waals surface area (Å²) in [6, 6.07) is 5.12. The molecular formula is C14H18ClNO4. The van der Waals surface area contributed by atoms with Crippen molar-refractivity contribution in [3.8, 4) is 5.75 Å². The average molecular weight is 300 g/mol. The van der Waals surface area contributed by atoms with Gasteiger partial charge < -0.3 is 15.2 Å². The van der Waals surface area contributed by atoms with Crippen LogP contribution < -0.4 is 10.1 Å². The van der Waals surface area contributed by atoms with Crippen molar-refractivity contribution in [1.82, 2.24) is 5.32 Å². The van der Waals surface area contributed by atoms with Crippen LogP contribution in [0.5, 0.6) is 5.75 Å². The molecule has 0 aliphatic rings. The molecule has 0 unspecified atom stereocenters. The highest BCUT2D eigenvalue weighted by Gasteiger charge is 2.29. The lowest BCUT2D eigenvalue weighted by molar-refractivity contribution is -0.145. The van der Waals surface area contributed by atoms with E-state index in [1.807, 2.05) is 6.92 Å². The summed E-state index contributed by atoms with van der Waals surface area (Å²) in [6.45, 7) is 5.10. The van der Waals surface area contributed by atoms with Crippen molar-refractivity contribution in [2.75, 3.05) is 6.61 Å². The lowest BCUT2D eigenvalue weighted by atomic mass is 10.0. The number of carbonyl (C=O) groups is 2. The van der Waals surface area contributed by atoms with Crippen molar-refractivity contribution < 1.29 is 19.4 Å². The number of carboxylic acids is 1. The molecule has 0 aliphatic heterocycles. The van der Waals surface area contributed by atoms with E-state index in [1.54, 1.807) is 18.2 Å². The molecule has 1 aromatic rings. The van der Waals surface area contributed by atoms with Crippen LogP contribution >= 0.6 is 11.6 Å². The Morgan fingerprint density at radius 1 is 1.40 bits per heavy atom. The second-order valence-corrected chi connectivity index (χ2v) is 5.22. The lowest BCUT2D eigenvalue weighted by Gasteiger charge is -2.21. The summed E-state index contributed by atoms with van der Waals surface area (Å²) in [6.07, 6.45) is 0.00655. The molecule has 0 aromatic heterocycles. The predicted octanol–water partition coefficient (Wildman–Crippen LogP) is 2.26. The summed E-state index contributed by atoms with van der Waals surface area (Å²) in [4.78, 5) is 22.9. The zero-order chi connectivity index (χ0) is 15.3. The Kier molecular flexibility index (Phi) is 5.39. The van der Waals surface area contributed by atoms with Gasteiger partial charge in [-0.15, -0.1) is 0 Å². The topological polar surface area (TPSA) is 75.6 Å². The molecule has 5 nitrogen and oxygen atoms in total. The highest BCUT2D eigenvalue weighted by molar-refractivity contribution is 6.32. The van der Waals surface area contributed by atoms with Crippen LogP contribution in [0.3, 0.4) is 0 Å². The fourth-order valence-corrected chi connectivity index (χ4v) is 1.87. The van der Waals surface area contributed by atoms with E-state index in [4.69, 9.17) is 21.4 Å². The molecule has 1 aromatic carbocycles. The predicted molar refractivity (Wildman–Crippen MR) is 76.2 cm³/mol. The molecular weight excluding hydrogens is 282 g/mol. The van der Waals surface area contributed by atoms with E-state index in [1.165, 1.54) is 13.8 Å². The van der Waals surface area contributed by atoms with Crippen LogP contribution in [0.15, 0.2) is 18.2 Å². The minimum absolute atomic E-state index is 0.00655.